The Morgan fingerprint density at radius 1 is 0.778 bits per heavy atom. The van der Waals surface area contributed by atoms with Crippen molar-refractivity contribution in [3.05, 3.63) is 29.1 Å². The molecule has 0 amide bonds. The van der Waals surface area contributed by atoms with Crippen LogP contribution in [0.15, 0.2) is 18.1 Å². The standard InChI is InChI=1S/C33H59BO2/c1-7-11-14-17-18-23-32(5,10-4)27-30-29(22-21-26-34-30)28-36-31(35)33(6,24-19-15-12-8-2)25-20-16-13-9-3/h21-22,26H,7-20,23-25,27-28H2,1-6H3. The SMILES string of the molecule is CCCCCCCC(C)(CC)Cc1bcccc1COC(=O)C(C)(CCCCCC)CCCCCC. The molecular formula is C33H59BO2. The summed E-state index contributed by atoms with van der Waals surface area (Å²) in [6.07, 6.45) is 21.7. The van der Waals surface area contributed by atoms with Gasteiger partial charge < -0.3 is 0 Å². The van der Waals surface area contributed by atoms with Gasteiger partial charge in [-0.25, -0.2) is 0 Å². The van der Waals surface area contributed by atoms with E-state index in [1.807, 2.05) is 0 Å². The van der Waals surface area contributed by atoms with Gasteiger partial charge in [-0.15, -0.1) is 0 Å². The Bertz CT molecular complexity index is 689. The van der Waals surface area contributed by atoms with Gasteiger partial charge in [0.25, 0.3) is 0 Å². The van der Waals surface area contributed by atoms with E-state index in [-0.39, 0.29) is 11.4 Å². The molecule has 0 fully saturated rings. The summed E-state index contributed by atoms with van der Waals surface area (Å²) < 4.78 is 6.08. The van der Waals surface area contributed by atoms with Gasteiger partial charge in [0.1, 0.15) is 0 Å². The molecule has 1 aromatic rings. The second-order valence-corrected chi connectivity index (χ2v) is 12.0. The van der Waals surface area contributed by atoms with Crippen LogP contribution in [0.4, 0.5) is 0 Å². The summed E-state index contributed by atoms with van der Waals surface area (Å²) in [4.78, 5) is 13.4. The summed E-state index contributed by atoms with van der Waals surface area (Å²) in [6.45, 7) is 16.4. The first-order valence-corrected chi connectivity index (χ1v) is 15.6. The number of hydrogen-bond acceptors (Lipinski definition) is 2. The third kappa shape index (κ3) is 12.9. The van der Waals surface area contributed by atoms with Crippen LogP contribution < -0.4 is 0 Å². The van der Waals surface area contributed by atoms with E-state index in [9.17, 15) is 4.79 Å². The normalized spacial score (nSPS) is 13.4. The number of carbonyl (C=O) groups excluding carboxylic acids is 1. The van der Waals surface area contributed by atoms with Gasteiger partial charge in [-0.2, -0.15) is 0 Å². The predicted octanol–water partition coefficient (Wildman–Crippen LogP) is 10.3. The Balaban J connectivity index is 2.80. The molecule has 0 aromatic carbocycles. The van der Waals surface area contributed by atoms with Crippen LogP contribution in [0.25, 0.3) is 0 Å². The van der Waals surface area contributed by atoms with Crippen molar-refractivity contribution in [2.45, 2.75) is 164 Å². The first-order chi connectivity index (χ1) is 17.3. The van der Waals surface area contributed by atoms with E-state index in [0.29, 0.717) is 12.0 Å². The Labute approximate surface area is 226 Å². The zero-order valence-electron chi connectivity index (χ0n) is 25.1. The maximum absolute atomic E-state index is 13.4. The summed E-state index contributed by atoms with van der Waals surface area (Å²) in [5.74, 6) is 2.16. The third-order valence-electron chi connectivity index (χ3n) is 8.49. The Kier molecular flexibility index (Phi) is 17.4. The summed E-state index contributed by atoms with van der Waals surface area (Å²) in [5.41, 5.74) is 2.50. The maximum atomic E-state index is 13.4. The molecule has 0 aliphatic rings. The van der Waals surface area contributed by atoms with E-state index in [2.05, 4.69) is 66.5 Å². The molecular weight excluding hydrogens is 439 g/mol. The summed E-state index contributed by atoms with van der Waals surface area (Å²) in [7, 11) is 0. The van der Waals surface area contributed by atoms with E-state index in [0.717, 1.165) is 32.1 Å². The van der Waals surface area contributed by atoms with Crippen molar-refractivity contribution in [3.63, 3.8) is 0 Å². The molecule has 0 radical (unpaired) electrons. The van der Waals surface area contributed by atoms with Crippen molar-refractivity contribution in [2.24, 2.45) is 10.8 Å². The van der Waals surface area contributed by atoms with Crippen LogP contribution in [0.3, 0.4) is 0 Å². The van der Waals surface area contributed by atoms with Crippen molar-refractivity contribution < 1.29 is 9.53 Å². The van der Waals surface area contributed by atoms with Gasteiger partial charge in [-0.3, -0.25) is 0 Å². The van der Waals surface area contributed by atoms with Gasteiger partial charge in [0.15, 0.2) is 0 Å². The van der Waals surface area contributed by atoms with E-state index in [1.54, 1.807) is 0 Å². The molecule has 0 saturated heterocycles. The molecule has 206 valence electrons. The monoisotopic (exact) mass is 498 g/mol. The van der Waals surface area contributed by atoms with Gasteiger partial charge in [0.05, 0.1) is 0 Å². The molecule has 1 unspecified atom stereocenters. The topological polar surface area (TPSA) is 26.3 Å². The molecule has 2 nitrogen and oxygen atoms in total. The molecule has 0 aliphatic carbocycles. The van der Waals surface area contributed by atoms with Gasteiger partial charge in [-0.1, -0.05) is 0 Å². The average Bonchev–Trinajstić information content (AvgIpc) is 2.88. The third-order valence-corrected chi connectivity index (χ3v) is 8.49. The molecule has 1 rings (SSSR count). The molecule has 0 spiro atoms. The van der Waals surface area contributed by atoms with Crippen molar-refractivity contribution in [3.8, 4) is 0 Å². The molecule has 0 N–H and O–H groups in total. The molecule has 0 aliphatic heterocycles. The van der Waals surface area contributed by atoms with Crippen molar-refractivity contribution >= 4 is 12.9 Å². The fourth-order valence-electron chi connectivity index (χ4n) is 5.41. The molecule has 1 heterocycles. The average molecular weight is 499 g/mol. The van der Waals surface area contributed by atoms with Crippen LogP contribution in [0, 0.1) is 10.8 Å². The van der Waals surface area contributed by atoms with Gasteiger partial charge in [0, 0.05) is 0 Å². The Morgan fingerprint density at radius 3 is 1.86 bits per heavy atom. The number of carbonyl (C=O) groups is 1. The zero-order valence-corrected chi connectivity index (χ0v) is 25.1. The van der Waals surface area contributed by atoms with E-state index < -0.39 is 0 Å². The van der Waals surface area contributed by atoms with Gasteiger partial charge >= 0.3 is 226 Å². The fraction of sp³-hybridized carbons (Fsp3) is 0.818. The van der Waals surface area contributed by atoms with E-state index >= 15 is 0 Å². The molecule has 0 saturated carbocycles. The van der Waals surface area contributed by atoms with Crippen LogP contribution in [0.2, 0.25) is 0 Å². The Morgan fingerprint density at radius 2 is 1.31 bits per heavy atom. The van der Waals surface area contributed by atoms with Crippen LogP contribution in [0.5, 0.6) is 0 Å². The summed E-state index contributed by atoms with van der Waals surface area (Å²) >= 11 is 0. The van der Waals surface area contributed by atoms with E-state index in [1.165, 1.54) is 94.5 Å². The molecule has 3 heteroatoms. The quantitative estimate of drug-likeness (QED) is 0.117. The molecule has 1 aromatic heterocycles. The van der Waals surface area contributed by atoms with Gasteiger partial charge in [-0.05, 0) is 0 Å². The Hall–Kier alpha value is -1.12. The predicted molar refractivity (Wildman–Crippen MR) is 159 cm³/mol. The van der Waals surface area contributed by atoms with E-state index in [4.69, 9.17) is 4.74 Å². The number of hydrogen-bond donors (Lipinski definition) is 0. The van der Waals surface area contributed by atoms with Gasteiger partial charge in [0.2, 0.25) is 0 Å². The summed E-state index contributed by atoms with van der Waals surface area (Å²) in [5, 5.41) is 0. The second-order valence-electron chi connectivity index (χ2n) is 12.0. The van der Waals surface area contributed by atoms with Crippen LogP contribution in [-0.2, 0) is 22.6 Å². The van der Waals surface area contributed by atoms with Crippen molar-refractivity contribution in [2.75, 3.05) is 0 Å². The van der Waals surface area contributed by atoms with Crippen LogP contribution >= 0.6 is 0 Å². The van der Waals surface area contributed by atoms with Crippen molar-refractivity contribution in [1.29, 1.82) is 0 Å². The first kappa shape index (κ1) is 32.9. The fourth-order valence-corrected chi connectivity index (χ4v) is 5.41. The number of ether oxygens (including phenoxy) is 1. The molecule has 1 atom stereocenters. The second kappa shape index (κ2) is 19.0. The first-order valence-electron chi connectivity index (χ1n) is 15.6. The van der Waals surface area contributed by atoms with Crippen molar-refractivity contribution in [1.82, 2.24) is 0 Å². The number of esters is 1. The minimum absolute atomic E-state index is 0.0134. The number of unbranched alkanes of at least 4 members (excludes halogenated alkanes) is 10. The van der Waals surface area contributed by atoms with Crippen LogP contribution in [0.1, 0.15) is 162 Å². The summed E-state index contributed by atoms with van der Waals surface area (Å²) in [6, 6.07) is 4.26. The minimum atomic E-state index is -0.354. The molecule has 0 bridgehead atoms. The number of rotatable bonds is 22. The van der Waals surface area contributed by atoms with Crippen LogP contribution in [-0.4, -0.2) is 12.9 Å². The zero-order chi connectivity index (χ0) is 26.7. The molecule has 36 heavy (non-hydrogen) atoms.